The van der Waals surface area contributed by atoms with Gasteiger partial charge in [0.25, 0.3) is 5.56 Å². The van der Waals surface area contributed by atoms with Crippen molar-refractivity contribution in [1.29, 1.82) is 5.26 Å². The summed E-state index contributed by atoms with van der Waals surface area (Å²) in [5.41, 5.74) is 10.3. The van der Waals surface area contributed by atoms with E-state index in [2.05, 4.69) is 69.4 Å². The third-order valence-electron chi connectivity index (χ3n) is 11.6. The third kappa shape index (κ3) is 9.63. The lowest BCUT2D eigenvalue weighted by Crippen LogP contribution is -2.36. The van der Waals surface area contributed by atoms with Gasteiger partial charge < -0.3 is 30.7 Å². The number of carbonyl (C=O) groups excluding carboxylic acids is 2. The van der Waals surface area contributed by atoms with E-state index in [0.717, 1.165) is 62.9 Å². The van der Waals surface area contributed by atoms with Crippen LogP contribution in [-0.2, 0) is 35.9 Å². The molecule has 3 aromatic heterocycles. The van der Waals surface area contributed by atoms with Crippen LogP contribution < -0.4 is 36.3 Å². The summed E-state index contributed by atoms with van der Waals surface area (Å²) in [7, 11) is 0. The number of fused-ring (bicyclic) bond motifs is 1. The van der Waals surface area contributed by atoms with Crippen molar-refractivity contribution >= 4 is 29.1 Å². The van der Waals surface area contributed by atoms with E-state index in [-0.39, 0.29) is 42.7 Å². The molecule has 3 aromatic carbocycles. The number of rotatable bonds is 16. The van der Waals surface area contributed by atoms with Gasteiger partial charge in [0.05, 0.1) is 10.6 Å². The Balaban J connectivity index is 0.985. The summed E-state index contributed by atoms with van der Waals surface area (Å²) in [6, 6.07) is 23.9. The summed E-state index contributed by atoms with van der Waals surface area (Å²) in [6.45, 7) is 6.66. The molecular formula is C48H47ClN8O5. The first-order valence-electron chi connectivity index (χ1n) is 20.7. The Morgan fingerprint density at radius 2 is 1.45 bits per heavy atom. The van der Waals surface area contributed by atoms with Crippen LogP contribution in [-0.4, -0.2) is 51.4 Å². The Morgan fingerprint density at radius 3 is 2.16 bits per heavy atom. The van der Waals surface area contributed by atoms with Gasteiger partial charge in [-0.25, -0.2) is 4.98 Å². The fraction of sp³-hybridized carbons (Fsp3) is 0.292. The van der Waals surface area contributed by atoms with Gasteiger partial charge in [-0.1, -0.05) is 48.0 Å². The number of nitrogens with one attached hydrogen (secondary N) is 4. The summed E-state index contributed by atoms with van der Waals surface area (Å²) < 4.78 is 14.3. The second-order valence-electron chi connectivity index (χ2n) is 15.8. The van der Waals surface area contributed by atoms with Crippen molar-refractivity contribution in [2.45, 2.75) is 77.9 Å². The molecule has 14 heteroatoms. The van der Waals surface area contributed by atoms with Crippen LogP contribution in [0, 0.1) is 25.2 Å². The van der Waals surface area contributed by atoms with Crippen molar-refractivity contribution in [3.8, 4) is 39.8 Å². The predicted molar refractivity (Wildman–Crippen MR) is 237 cm³/mol. The highest BCUT2D eigenvalue weighted by molar-refractivity contribution is 6.32. The molecule has 316 valence electrons. The fourth-order valence-electron chi connectivity index (χ4n) is 8.10. The van der Waals surface area contributed by atoms with E-state index >= 15 is 0 Å². The molecule has 13 nitrogen and oxygen atoms in total. The van der Waals surface area contributed by atoms with Crippen LogP contribution in [0.2, 0.25) is 5.02 Å². The molecule has 2 saturated heterocycles. The van der Waals surface area contributed by atoms with E-state index in [1.165, 1.54) is 6.20 Å². The van der Waals surface area contributed by atoms with Gasteiger partial charge >= 0.3 is 0 Å². The molecule has 6 aromatic rings. The van der Waals surface area contributed by atoms with Gasteiger partial charge in [0.2, 0.25) is 11.8 Å². The van der Waals surface area contributed by atoms with Crippen molar-refractivity contribution in [1.82, 2.24) is 35.6 Å². The number of carbonyl (C=O) groups is 2. The second-order valence-corrected chi connectivity index (χ2v) is 16.2. The molecule has 5 heterocycles. The van der Waals surface area contributed by atoms with E-state index in [0.29, 0.717) is 72.3 Å². The van der Waals surface area contributed by atoms with Crippen molar-refractivity contribution in [2.75, 3.05) is 13.1 Å². The van der Waals surface area contributed by atoms with Crippen molar-refractivity contribution in [3.05, 3.63) is 146 Å². The SMILES string of the molecule is Cc1c(COc2cc(OCc3cncc(C#N)c3)c(CNC[C@@H]3CCC(=O)N3)cc2Cl)cccc1-c1cccc(-c2ccn3c(=O)c(CNC[C@@H]4CCC(=O)N4)cnc3c2)c1C. The van der Waals surface area contributed by atoms with Crippen molar-refractivity contribution in [3.63, 3.8) is 0 Å². The Hall–Kier alpha value is -6.59. The van der Waals surface area contributed by atoms with Crippen LogP contribution in [0.1, 0.15) is 64.6 Å². The maximum Gasteiger partial charge on any atom is 0.262 e. The zero-order chi connectivity index (χ0) is 43.2. The average molecular weight is 851 g/mol. The van der Waals surface area contributed by atoms with E-state index in [9.17, 15) is 19.6 Å². The molecule has 2 atom stereocenters. The Kier molecular flexibility index (Phi) is 12.9. The Bertz CT molecular complexity index is 2770. The molecule has 2 aliphatic rings. The van der Waals surface area contributed by atoms with Crippen LogP contribution in [0.4, 0.5) is 0 Å². The zero-order valence-corrected chi connectivity index (χ0v) is 35.4. The number of aromatic nitrogens is 3. The van der Waals surface area contributed by atoms with E-state index in [1.807, 2.05) is 36.4 Å². The van der Waals surface area contributed by atoms with Gasteiger partial charge in [0.1, 0.15) is 36.4 Å². The highest BCUT2D eigenvalue weighted by Crippen LogP contribution is 2.37. The van der Waals surface area contributed by atoms with Gasteiger partial charge in [-0.2, -0.15) is 5.26 Å². The van der Waals surface area contributed by atoms with Gasteiger partial charge in [0, 0.05) is 98.6 Å². The molecule has 2 aliphatic heterocycles. The molecular weight excluding hydrogens is 804 g/mol. The molecule has 62 heavy (non-hydrogen) atoms. The number of nitriles is 1. The van der Waals surface area contributed by atoms with Crippen LogP contribution in [0.25, 0.3) is 27.9 Å². The van der Waals surface area contributed by atoms with Gasteiger partial charge in [0.15, 0.2) is 0 Å². The number of hydrogen-bond donors (Lipinski definition) is 4. The van der Waals surface area contributed by atoms with E-state index < -0.39 is 0 Å². The van der Waals surface area contributed by atoms with Gasteiger partial charge in [-0.05, 0) is 89.9 Å². The Labute approximate surface area is 364 Å². The van der Waals surface area contributed by atoms with Crippen LogP contribution in [0.15, 0.2) is 96.3 Å². The summed E-state index contributed by atoms with van der Waals surface area (Å²) in [4.78, 5) is 45.4. The normalized spacial score (nSPS) is 16.0. The number of amides is 2. The molecule has 4 N–H and O–H groups in total. The maximum atomic E-state index is 13.4. The molecule has 2 fully saturated rings. The smallest absolute Gasteiger partial charge is 0.262 e. The van der Waals surface area contributed by atoms with Crippen molar-refractivity contribution < 1.29 is 19.1 Å². The molecule has 0 spiro atoms. The van der Waals surface area contributed by atoms with Crippen LogP contribution in [0.3, 0.4) is 0 Å². The molecule has 0 saturated carbocycles. The highest BCUT2D eigenvalue weighted by Gasteiger charge is 2.22. The second kappa shape index (κ2) is 19.0. The number of benzene rings is 3. The summed E-state index contributed by atoms with van der Waals surface area (Å²) in [6.07, 6.45) is 9.23. The maximum absolute atomic E-state index is 13.4. The number of ether oxygens (including phenoxy) is 2. The first-order chi connectivity index (χ1) is 30.1. The van der Waals surface area contributed by atoms with Crippen LogP contribution >= 0.6 is 11.6 Å². The average Bonchev–Trinajstić information content (AvgIpc) is 3.90. The molecule has 0 aliphatic carbocycles. The Morgan fingerprint density at radius 1 is 0.774 bits per heavy atom. The minimum Gasteiger partial charge on any atom is -0.488 e. The number of halogens is 1. The monoisotopic (exact) mass is 850 g/mol. The molecule has 8 rings (SSSR count). The van der Waals surface area contributed by atoms with Gasteiger partial charge in [-0.3, -0.25) is 23.8 Å². The number of nitrogens with zero attached hydrogens (tertiary/aromatic N) is 4. The summed E-state index contributed by atoms with van der Waals surface area (Å²) >= 11 is 6.86. The fourth-order valence-corrected chi connectivity index (χ4v) is 8.34. The molecule has 0 bridgehead atoms. The number of pyridine rings is 2. The minimum atomic E-state index is -0.130. The first kappa shape index (κ1) is 42.1. The molecule has 2 amide bonds. The van der Waals surface area contributed by atoms with E-state index in [4.69, 9.17) is 21.1 Å². The lowest BCUT2D eigenvalue weighted by Gasteiger charge is -2.19. The largest absolute Gasteiger partial charge is 0.488 e. The first-order valence-corrected chi connectivity index (χ1v) is 21.1. The van der Waals surface area contributed by atoms with E-state index in [1.54, 1.807) is 35.1 Å². The number of hydrogen-bond acceptors (Lipinski definition) is 10. The molecule has 0 unspecified atom stereocenters. The quantitative estimate of drug-likeness (QED) is 0.0848. The highest BCUT2D eigenvalue weighted by atomic mass is 35.5. The van der Waals surface area contributed by atoms with Crippen LogP contribution in [0.5, 0.6) is 11.5 Å². The third-order valence-corrected chi connectivity index (χ3v) is 11.9. The van der Waals surface area contributed by atoms with Crippen molar-refractivity contribution in [2.24, 2.45) is 0 Å². The zero-order valence-electron chi connectivity index (χ0n) is 34.6. The molecule has 0 radical (unpaired) electrons. The topological polar surface area (TPSA) is 172 Å². The lowest BCUT2D eigenvalue weighted by atomic mass is 9.90. The summed E-state index contributed by atoms with van der Waals surface area (Å²) in [5.74, 6) is 1.17. The predicted octanol–water partition coefficient (Wildman–Crippen LogP) is 6.46. The summed E-state index contributed by atoms with van der Waals surface area (Å²) in [5, 5.41) is 22.4. The lowest BCUT2D eigenvalue weighted by molar-refractivity contribution is -0.120. The standard InChI is InChI=1S/C48H47ClN8O5/c1-29-34(28-62-44-18-43(61-27-32-15-31(19-50)20-51-21-32)35(16-42(44)49)22-52-25-37-9-11-46(58)55-37)5-3-7-40(29)41-8-4-6-39(30(41)2)33-13-14-57-45(17-33)54-24-36(48(57)60)23-53-26-38-10-12-47(59)56-38/h3-8,13-18,20-21,24,37-38,52-53H,9-12,22-23,25-28H2,1-2H3,(H,55,58)(H,56,59)/t37-,38-/m0/s1. The minimum absolute atomic E-state index is 0.0651. The van der Waals surface area contributed by atoms with Gasteiger partial charge in [-0.15, -0.1) is 0 Å².